The summed E-state index contributed by atoms with van der Waals surface area (Å²) in [6, 6.07) is 11.2. The van der Waals surface area contributed by atoms with Gasteiger partial charge in [-0.05, 0) is 30.3 Å². The number of aliphatic imine (C=N–C) groups is 1. The predicted octanol–water partition coefficient (Wildman–Crippen LogP) is 2.23. The number of benzene rings is 2. The van der Waals surface area contributed by atoms with Crippen molar-refractivity contribution in [1.82, 2.24) is 15.4 Å². The van der Waals surface area contributed by atoms with Crippen LogP contribution in [0.3, 0.4) is 0 Å². The molecule has 2 aromatic rings. The van der Waals surface area contributed by atoms with E-state index in [1.54, 1.807) is 18.2 Å². The quantitative estimate of drug-likeness (QED) is 0.231. The molecule has 0 aromatic heterocycles. The lowest BCUT2D eigenvalue weighted by molar-refractivity contribution is 0.578. The largest absolute Gasteiger partial charge is 0.355 e. The van der Waals surface area contributed by atoms with Crippen molar-refractivity contribution in [2.75, 3.05) is 20.1 Å². The van der Waals surface area contributed by atoms with E-state index in [0.29, 0.717) is 5.96 Å². The first-order chi connectivity index (χ1) is 12.4. The first-order valence-electron chi connectivity index (χ1n) is 7.85. The van der Waals surface area contributed by atoms with Gasteiger partial charge in [-0.1, -0.05) is 18.2 Å². The van der Waals surface area contributed by atoms with Crippen molar-refractivity contribution in [3.05, 3.63) is 65.7 Å². The minimum Gasteiger partial charge on any atom is -0.355 e. The lowest BCUT2D eigenvalue weighted by atomic mass is 10.2. The van der Waals surface area contributed by atoms with Gasteiger partial charge in [-0.25, -0.2) is 21.9 Å². The van der Waals surface area contributed by atoms with E-state index >= 15 is 0 Å². The molecule has 0 saturated heterocycles. The predicted molar refractivity (Wildman–Crippen MR) is 112 cm³/mol. The van der Waals surface area contributed by atoms with Gasteiger partial charge in [0.15, 0.2) is 5.96 Å². The minimum absolute atomic E-state index is 0. The monoisotopic (exact) mass is 510 g/mol. The van der Waals surface area contributed by atoms with Gasteiger partial charge in [0.05, 0.1) is 4.90 Å². The fraction of sp³-hybridized carbons (Fsp3) is 0.235. The van der Waals surface area contributed by atoms with E-state index in [1.807, 2.05) is 0 Å². The number of hydrogen-bond donors (Lipinski definition) is 3. The molecule has 0 amide bonds. The van der Waals surface area contributed by atoms with Crippen LogP contribution < -0.4 is 15.4 Å². The van der Waals surface area contributed by atoms with Gasteiger partial charge in [-0.15, -0.1) is 24.0 Å². The van der Waals surface area contributed by atoms with Gasteiger partial charge >= 0.3 is 0 Å². The molecule has 0 fully saturated rings. The Balaban J connectivity index is 0.00000364. The second-order valence-electron chi connectivity index (χ2n) is 5.30. The van der Waals surface area contributed by atoms with Crippen LogP contribution in [0.4, 0.5) is 8.78 Å². The molecule has 0 radical (unpaired) electrons. The molecule has 0 bridgehead atoms. The Labute approximate surface area is 174 Å². The molecule has 6 nitrogen and oxygen atoms in total. The van der Waals surface area contributed by atoms with E-state index < -0.39 is 21.7 Å². The fourth-order valence-corrected chi connectivity index (χ4v) is 3.18. The lowest BCUT2D eigenvalue weighted by Crippen LogP contribution is -2.41. The standard InChI is InChI=1S/C17H20F2N4O2S.HI/c1-20-17(22-12-13-11-14(18)7-8-16(13)19)21-9-10-23-26(24,25)15-5-3-2-4-6-15;/h2-8,11,23H,9-10,12H2,1H3,(H2,20,21,22);1H. The van der Waals surface area contributed by atoms with Gasteiger partial charge in [0.25, 0.3) is 0 Å². The molecule has 0 spiro atoms. The summed E-state index contributed by atoms with van der Waals surface area (Å²) in [6.07, 6.45) is 0. The topological polar surface area (TPSA) is 82.6 Å². The number of halogens is 3. The van der Waals surface area contributed by atoms with E-state index in [-0.39, 0.29) is 54.1 Å². The number of guanidine groups is 1. The molecule has 2 rings (SSSR count). The maximum Gasteiger partial charge on any atom is 0.240 e. The van der Waals surface area contributed by atoms with Crippen molar-refractivity contribution < 1.29 is 17.2 Å². The van der Waals surface area contributed by atoms with Crippen molar-refractivity contribution in [3.63, 3.8) is 0 Å². The van der Waals surface area contributed by atoms with Crippen LogP contribution in [0.25, 0.3) is 0 Å². The van der Waals surface area contributed by atoms with Gasteiger partial charge in [0.2, 0.25) is 10.0 Å². The van der Waals surface area contributed by atoms with E-state index in [2.05, 4.69) is 20.3 Å². The third-order valence-electron chi connectivity index (χ3n) is 3.44. The zero-order valence-corrected chi connectivity index (χ0v) is 17.7. The summed E-state index contributed by atoms with van der Waals surface area (Å²) in [5, 5.41) is 5.73. The van der Waals surface area contributed by atoms with Crippen LogP contribution in [0.5, 0.6) is 0 Å². The summed E-state index contributed by atoms with van der Waals surface area (Å²) in [7, 11) is -2.05. The van der Waals surface area contributed by atoms with E-state index in [1.165, 1.54) is 19.2 Å². The normalized spacial score (nSPS) is 11.6. The lowest BCUT2D eigenvalue weighted by Gasteiger charge is -2.13. The van der Waals surface area contributed by atoms with Gasteiger partial charge in [0.1, 0.15) is 11.6 Å². The number of rotatable bonds is 7. The molecule has 3 N–H and O–H groups in total. The summed E-state index contributed by atoms with van der Waals surface area (Å²) in [5.74, 6) is -0.709. The van der Waals surface area contributed by atoms with Crippen LogP contribution >= 0.6 is 24.0 Å². The highest BCUT2D eigenvalue weighted by Crippen LogP contribution is 2.09. The van der Waals surface area contributed by atoms with Crippen LogP contribution in [-0.4, -0.2) is 34.5 Å². The highest BCUT2D eigenvalue weighted by atomic mass is 127. The third kappa shape index (κ3) is 7.39. The highest BCUT2D eigenvalue weighted by molar-refractivity contribution is 14.0. The molecule has 0 aliphatic carbocycles. The van der Waals surface area contributed by atoms with Gasteiger partial charge < -0.3 is 10.6 Å². The van der Waals surface area contributed by atoms with Crippen LogP contribution in [0.2, 0.25) is 0 Å². The van der Waals surface area contributed by atoms with E-state index in [4.69, 9.17) is 0 Å². The zero-order valence-electron chi connectivity index (χ0n) is 14.6. The highest BCUT2D eigenvalue weighted by Gasteiger charge is 2.12. The number of nitrogens with one attached hydrogen (secondary N) is 3. The van der Waals surface area contributed by atoms with E-state index in [9.17, 15) is 17.2 Å². The second-order valence-corrected chi connectivity index (χ2v) is 7.07. The molecule has 2 aromatic carbocycles. The van der Waals surface area contributed by atoms with Crippen molar-refractivity contribution in [1.29, 1.82) is 0 Å². The summed E-state index contributed by atoms with van der Waals surface area (Å²) in [6.45, 7) is 0.433. The average Bonchev–Trinajstić information content (AvgIpc) is 2.64. The Morgan fingerprint density at radius 1 is 1.04 bits per heavy atom. The smallest absolute Gasteiger partial charge is 0.240 e. The van der Waals surface area contributed by atoms with Crippen molar-refractivity contribution in [3.8, 4) is 0 Å². The summed E-state index contributed by atoms with van der Waals surface area (Å²) < 4.78 is 53.3. The molecular weight excluding hydrogens is 489 g/mol. The molecule has 0 saturated carbocycles. The molecule has 0 atom stereocenters. The minimum atomic E-state index is -3.57. The second kappa shape index (κ2) is 11.1. The third-order valence-corrected chi connectivity index (χ3v) is 4.92. The number of sulfonamides is 1. The Morgan fingerprint density at radius 3 is 2.41 bits per heavy atom. The van der Waals surface area contributed by atoms with E-state index in [0.717, 1.165) is 18.2 Å². The van der Waals surface area contributed by atoms with Crippen LogP contribution in [0.15, 0.2) is 58.4 Å². The van der Waals surface area contributed by atoms with Gasteiger partial charge in [-0.2, -0.15) is 0 Å². The Bertz CT molecular complexity index is 864. The van der Waals surface area contributed by atoms with Crippen LogP contribution in [-0.2, 0) is 16.6 Å². The first-order valence-corrected chi connectivity index (χ1v) is 9.34. The molecule has 27 heavy (non-hydrogen) atoms. The zero-order chi connectivity index (χ0) is 19.0. The summed E-state index contributed by atoms with van der Waals surface area (Å²) in [5.41, 5.74) is 0.165. The number of hydrogen-bond acceptors (Lipinski definition) is 3. The maximum absolute atomic E-state index is 13.6. The molecule has 10 heteroatoms. The summed E-state index contributed by atoms with van der Waals surface area (Å²) in [4.78, 5) is 4.13. The van der Waals surface area contributed by atoms with Gasteiger partial charge in [0, 0.05) is 32.2 Å². The Hall–Kier alpha value is -1.79. The van der Waals surface area contributed by atoms with Crippen molar-refractivity contribution >= 4 is 40.0 Å². The van der Waals surface area contributed by atoms with Crippen molar-refractivity contribution in [2.45, 2.75) is 11.4 Å². The SMILES string of the molecule is CN=C(NCCNS(=O)(=O)c1ccccc1)NCc1cc(F)ccc1F.I. The first kappa shape index (κ1) is 23.2. The molecule has 0 heterocycles. The number of nitrogens with zero attached hydrogens (tertiary/aromatic N) is 1. The molecule has 148 valence electrons. The van der Waals surface area contributed by atoms with Crippen molar-refractivity contribution in [2.24, 2.45) is 4.99 Å². The fourth-order valence-electron chi connectivity index (χ4n) is 2.13. The van der Waals surface area contributed by atoms with Crippen LogP contribution in [0.1, 0.15) is 5.56 Å². The average molecular weight is 510 g/mol. The molecule has 0 unspecified atom stereocenters. The molecule has 0 aliphatic rings. The Morgan fingerprint density at radius 2 is 1.74 bits per heavy atom. The Kier molecular flexibility index (Phi) is 9.60. The van der Waals surface area contributed by atoms with Crippen LogP contribution in [0, 0.1) is 11.6 Å². The molecule has 0 aliphatic heterocycles. The maximum atomic E-state index is 13.6. The van der Waals surface area contributed by atoms with Gasteiger partial charge in [-0.3, -0.25) is 4.99 Å². The molecular formula is C17H21F2IN4O2S. The summed E-state index contributed by atoms with van der Waals surface area (Å²) >= 11 is 0.